The molecule has 4 nitrogen and oxygen atoms in total. The molecule has 3 rings (SSSR count). The van der Waals surface area contributed by atoms with Gasteiger partial charge in [0, 0.05) is 20.7 Å². The van der Waals surface area contributed by atoms with E-state index in [-0.39, 0.29) is 5.75 Å². The Morgan fingerprint density at radius 3 is 2.39 bits per heavy atom. The Balaban J connectivity index is 1.86. The second kappa shape index (κ2) is 11.3. The third-order valence-corrected chi connectivity index (χ3v) is 6.20. The maximum atomic E-state index is 12.9. The molecular formula is C24H18BrF3O4S. The minimum atomic E-state index is -4.80. The van der Waals surface area contributed by atoms with E-state index in [2.05, 4.69) is 20.7 Å². The fourth-order valence-corrected chi connectivity index (χ4v) is 4.44. The number of carboxylic acid groups (broad SMARTS) is 1. The molecule has 0 amide bonds. The van der Waals surface area contributed by atoms with Crippen LogP contribution in [0.3, 0.4) is 0 Å². The molecule has 1 N–H and O–H groups in total. The topological polar surface area (TPSA) is 55.8 Å². The lowest BCUT2D eigenvalue weighted by Gasteiger charge is -2.16. The van der Waals surface area contributed by atoms with E-state index in [0.717, 1.165) is 10.5 Å². The minimum Gasteiger partial charge on any atom is -0.482 e. The van der Waals surface area contributed by atoms with Crippen LogP contribution >= 0.6 is 27.7 Å². The highest BCUT2D eigenvalue weighted by Gasteiger charge is 2.32. The maximum absolute atomic E-state index is 12.9. The molecule has 0 aliphatic heterocycles. The molecule has 0 fully saturated rings. The lowest BCUT2D eigenvalue weighted by molar-refractivity contribution is -0.274. The summed E-state index contributed by atoms with van der Waals surface area (Å²) in [5.41, 5.74) is 1.70. The second-order valence-corrected chi connectivity index (χ2v) is 8.53. The Morgan fingerprint density at radius 1 is 1.03 bits per heavy atom. The largest absolute Gasteiger partial charge is 0.573 e. The summed E-state index contributed by atoms with van der Waals surface area (Å²) in [7, 11) is 0. The third kappa shape index (κ3) is 7.57. The van der Waals surface area contributed by atoms with E-state index in [4.69, 9.17) is 9.84 Å². The molecule has 0 aliphatic carbocycles. The summed E-state index contributed by atoms with van der Waals surface area (Å²) >= 11 is 4.90. The van der Waals surface area contributed by atoms with Crippen LogP contribution in [-0.2, 0) is 4.79 Å². The fourth-order valence-electron chi connectivity index (χ4n) is 2.95. The van der Waals surface area contributed by atoms with Crippen molar-refractivity contribution in [1.82, 2.24) is 0 Å². The van der Waals surface area contributed by atoms with Crippen LogP contribution in [0.1, 0.15) is 11.1 Å². The molecule has 0 saturated heterocycles. The number of benzene rings is 3. The van der Waals surface area contributed by atoms with Crippen molar-refractivity contribution < 1.29 is 32.5 Å². The maximum Gasteiger partial charge on any atom is 0.573 e. The molecule has 9 heteroatoms. The summed E-state index contributed by atoms with van der Waals surface area (Å²) < 4.78 is 49.0. The molecule has 0 atom stereocenters. The smallest absolute Gasteiger partial charge is 0.482 e. The van der Waals surface area contributed by atoms with E-state index >= 15 is 0 Å². The van der Waals surface area contributed by atoms with Gasteiger partial charge in [-0.25, -0.2) is 4.79 Å². The van der Waals surface area contributed by atoms with Crippen LogP contribution in [-0.4, -0.2) is 29.8 Å². The van der Waals surface area contributed by atoms with Crippen molar-refractivity contribution in [2.45, 2.75) is 11.3 Å². The molecule has 33 heavy (non-hydrogen) atoms. The number of thioether (sulfide) groups is 1. The monoisotopic (exact) mass is 538 g/mol. The molecule has 3 aromatic rings. The zero-order valence-electron chi connectivity index (χ0n) is 17.0. The van der Waals surface area contributed by atoms with Gasteiger partial charge in [0.05, 0.1) is 0 Å². The van der Waals surface area contributed by atoms with Gasteiger partial charge in [-0.3, -0.25) is 0 Å². The van der Waals surface area contributed by atoms with E-state index in [9.17, 15) is 18.0 Å². The first-order chi connectivity index (χ1) is 15.7. The first-order valence-corrected chi connectivity index (χ1v) is 11.4. The zero-order chi connectivity index (χ0) is 23.8. The van der Waals surface area contributed by atoms with Crippen LogP contribution in [0.15, 0.2) is 88.2 Å². The number of hydrogen-bond donors (Lipinski definition) is 1. The Bertz CT molecular complexity index is 1130. The number of carbonyl (C=O) groups is 1. The van der Waals surface area contributed by atoms with Crippen LogP contribution in [0.5, 0.6) is 11.5 Å². The van der Waals surface area contributed by atoms with Crippen LogP contribution in [0, 0.1) is 0 Å². The number of rotatable bonds is 9. The van der Waals surface area contributed by atoms with Crippen molar-refractivity contribution in [3.05, 3.63) is 94.5 Å². The summed E-state index contributed by atoms with van der Waals surface area (Å²) in [6.45, 7) is -0.443. The Morgan fingerprint density at radius 2 is 1.73 bits per heavy atom. The van der Waals surface area contributed by atoms with Gasteiger partial charge in [-0.2, -0.15) is 0 Å². The van der Waals surface area contributed by atoms with Crippen molar-refractivity contribution in [2.75, 3.05) is 12.4 Å². The van der Waals surface area contributed by atoms with Crippen molar-refractivity contribution in [1.29, 1.82) is 0 Å². The molecule has 3 aromatic carbocycles. The van der Waals surface area contributed by atoms with Gasteiger partial charge < -0.3 is 14.6 Å². The summed E-state index contributed by atoms with van der Waals surface area (Å²) in [4.78, 5) is 11.5. The van der Waals surface area contributed by atoms with Crippen molar-refractivity contribution in [3.8, 4) is 11.5 Å². The van der Waals surface area contributed by atoms with E-state index in [1.54, 1.807) is 30.3 Å². The molecule has 0 heterocycles. The van der Waals surface area contributed by atoms with Crippen LogP contribution < -0.4 is 9.47 Å². The van der Waals surface area contributed by atoms with Gasteiger partial charge >= 0.3 is 12.3 Å². The molecule has 0 radical (unpaired) electrons. The van der Waals surface area contributed by atoms with Crippen LogP contribution in [0.4, 0.5) is 13.2 Å². The number of halogens is 4. The van der Waals surface area contributed by atoms with Gasteiger partial charge in [0.25, 0.3) is 0 Å². The van der Waals surface area contributed by atoms with Crippen LogP contribution in [0.2, 0.25) is 0 Å². The average Bonchev–Trinajstić information content (AvgIpc) is 2.77. The third-order valence-electron chi connectivity index (χ3n) is 4.28. The second-order valence-electron chi connectivity index (χ2n) is 6.61. The molecular weight excluding hydrogens is 521 g/mol. The highest BCUT2D eigenvalue weighted by molar-refractivity contribution is 9.10. The Labute approximate surface area is 201 Å². The number of aliphatic carboxylic acids is 1. The minimum absolute atomic E-state index is 0.272. The molecule has 0 aliphatic rings. The first-order valence-electron chi connectivity index (χ1n) is 9.60. The fraction of sp³-hybridized carbons (Fsp3) is 0.125. The highest BCUT2D eigenvalue weighted by Crippen LogP contribution is 2.36. The normalized spacial score (nSPS) is 11.8. The Kier molecular flexibility index (Phi) is 8.46. The standard InChI is InChI=1S/C24H18BrF3O4S/c25-20-14-17(31-15-23(29)30)10-11-22(20)33-13-12-18(16-6-2-1-3-7-16)19-8-4-5-9-21(19)32-24(26,27)28/h1-12,14H,13,15H2,(H,29,30). The van der Waals surface area contributed by atoms with Crippen LogP contribution in [0.25, 0.3) is 5.57 Å². The summed E-state index contributed by atoms with van der Waals surface area (Å²) in [5.74, 6) is -0.477. The van der Waals surface area contributed by atoms with E-state index < -0.39 is 18.9 Å². The number of carboxylic acids is 1. The summed E-state index contributed by atoms with van der Waals surface area (Å²) in [6, 6.07) is 20.3. The van der Waals surface area contributed by atoms with Crippen molar-refractivity contribution in [3.63, 3.8) is 0 Å². The number of alkyl halides is 3. The van der Waals surface area contributed by atoms with Crippen molar-refractivity contribution >= 4 is 39.2 Å². The first kappa shape index (κ1) is 24.7. The molecule has 0 spiro atoms. The summed E-state index contributed by atoms with van der Waals surface area (Å²) in [5, 5.41) is 8.72. The number of para-hydroxylation sites is 1. The SMILES string of the molecule is O=C(O)COc1ccc(SCC=C(c2ccccc2)c2ccccc2OC(F)(F)F)c(Br)c1. The predicted octanol–water partition coefficient (Wildman–Crippen LogP) is 7.04. The molecule has 0 aromatic heterocycles. The zero-order valence-corrected chi connectivity index (χ0v) is 19.4. The lowest BCUT2D eigenvalue weighted by atomic mass is 9.97. The lowest BCUT2D eigenvalue weighted by Crippen LogP contribution is -2.18. The number of ether oxygens (including phenoxy) is 2. The van der Waals surface area contributed by atoms with Gasteiger partial charge in [0.15, 0.2) is 6.61 Å². The van der Waals surface area contributed by atoms with Gasteiger partial charge in [-0.05, 0) is 51.3 Å². The van der Waals surface area contributed by atoms with Gasteiger partial charge in [0.2, 0.25) is 0 Å². The molecule has 0 bridgehead atoms. The van der Waals surface area contributed by atoms with E-state index in [0.29, 0.717) is 27.1 Å². The predicted molar refractivity (Wildman–Crippen MR) is 125 cm³/mol. The van der Waals surface area contributed by atoms with Gasteiger partial charge in [-0.15, -0.1) is 24.9 Å². The van der Waals surface area contributed by atoms with Gasteiger partial charge in [0.1, 0.15) is 11.5 Å². The van der Waals surface area contributed by atoms with E-state index in [1.165, 1.54) is 23.9 Å². The number of hydrogen-bond acceptors (Lipinski definition) is 4. The Hall–Kier alpha value is -2.91. The van der Waals surface area contributed by atoms with Crippen molar-refractivity contribution in [2.24, 2.45) is 0 Å². The summed E-state index contributed by atoms with van der Waals surface area (Å²) in [6.07, 6.45) is -2.96. The average molecular weight is 539 g/mol. The molecule has 172 valence electrons. The molecule has 0 unspecified atom stereocenters. The van der Waals surface area contributed by atoms with E-state index in [1.807, 2.05) is 36.4 Å². The molecule has 0 saturated carbocycles. The highest BCUT2D eigenvalue weighted by atomic mass is 79.9. The van der Waals surface area contributed by atoms with Gasteiger partial charge in [-0.1, -0.05) is 54.6 Å². The quantitative estimate of drug-likeness (QED) is 0.296.